The molecule has 12 heavy (non-hydrogen) atoms. The van der Waals surface area contributed by atoms with Gasteiger partial charge in [0.2, 0.25) is 5.78 Å². The van der Waals surface area contributed by atoms with Crippen LogP contribution >= 0.6 is 15.9 Å². The van der Waals surface area contributed by atoms with Gasteiger partial charge in [0.25, 0.3) is 0 Å². The number of ketones is 1. The Morgan fingerprint density at radius 3 is 2.83 bits per heavy atom. The average Bonchev–Trinajstić information content (AvgIpc) is 2.08. The molecule has 0 unspecified atom stereocenters. The van der Waals surface area contributed by atoms with Crippen molar-refractivity contribution in [2.75, 3.05) is 5.73 Å². The molecule has 1 aromatic rings. The summed E-state index contributed by atoms with van der Waals surface area (Å²) >= 11 is 3.20. The lowest BCUT2D eigenvalue weighted by Gasteiger charge is -1.99. The lowest BCUT2D eigenvalue weighted by atomic mass is 10.1. The van der Waals surface area contributed by atoms with E-state index in [4.69, 9.17) is 12.2 Å². The van der Waals surface area contributed by atoms with Crippen molar-refractivity contribution < 1.29 is 4.79 Å². The summed E-state index contributed by atoms with van der Waals surface area (Å²) in [5.41, 5.74) is 6.43. The fraction of sp³-hybridized carbons (Fsp3) is 0. The Morgan fingerprint density at radius 2 is 2.25 bits per heavy atom. The molecule has 3 heteroatoms. The predicted molar refractivity (Wildman–Crippen MR) is 51.7 cm³/mol. The highest BCUT2D eigenvalue weighted by Gasteiger charge is 2.06. The van der Waals surface area contributed by atoms with Gasteiger partial charge in [-0.1, -0.05) is 15.9 Å². The van der Waals surface area contributed by atoms with Crippen LogP contribution in [0.4, 0.5) is 5.69 Å². The third kappa shape index (κ3) is 1.66. The van der Waals surface area contributed by atoms with Crippen molar-refractivity contribution in [3.05, 3.63) is 28.2 Å². The molecule has 0 spiro atoms. The molecule has 60 valence electrons. The number of carbonyl (C=O) groups excluding carboxylic acids is 1. The van der Waals surface area contributed by atoms with Crippen molar-refractivity contribution in [2.45, 2.75) is 0 Å². The zero-order valence-electron chi connectivity index (χ0n) is 6.17. The van der Waals surface area contributed by atoms with Gasteiger partial charge in [0.1, 0.15) is 0 Å². The minimum absolute atomic E-state index is 0.367. The third-order valence-corrected chi connectivity index (χ3v) is 2.06. The first-order valence-electron chi connectivity index (χ1n) is 3.21. The van der Waals surface area contributed by atoms with E-state index in [1.165, 1.54) is 0 Å². The summed E-state index contributed by atoms with van der Waals surface area (Å²) in [6, 6.07) is 4.93. The van der Waals surface area contributed by atoms with E-state index in [9.17, 15) is 4.79 Å². The molecule has 0 heterocycles. The molecule has 1 aromatic carbocycles. The third-order valence-electron chi connectivity index (χ3n) is 1.37. The number of rotatable bonds is 1. The molecule has 0 fully saturated rings. The molecule has 0 aromatic heterocycles. The fourth-order valence-corrected chi connectivity index (χ4v) is 1.22. The topological polar surface area (TPSA) is 43.1 Å². The number of benzene rings is 1. The van der Waals surface area contributed by atoms with Gasteiger partial charge in [-0.25, -0.2) is 0 Å². The average molecular weight is 224 g/mol. The Balaban J connectivity index is 3.25. The second kappa shape index (κ2) is 3.42. The number of anilines is 1. The number of halogens is 1. The van der Waals surface area contributed by atoms with Crippen molar-refractivity contribution in [3.8, 4) is 12.3 Å². The Hall–Kier alpha value is -1.27. The Bertz CT molecular complexity index is 365. The fourth-order valence-electron chi connectivity index (χ4n) is 0.795. The first-order valence-corrected chi connectivity index (χ1v) is 4.00. The molecule has 0 atom stereocenters. The summed E-state index contributed by atoms with van der Waals surface area (Å²) in [6.07, 6.45) is 4.96. The van der Waals surface area contributed by atoms with Crippen molar-refractivity contribution in [3.63, 3.8) is 0 Å². The molecule has 0 radical (unpaired) electrons. The van der Waals surface area contributed by atoms with Crippen LogP contribution in [0.1, 0.15) is 10.4 Å². The molecule has 0 saturated heterocycles. The van der Waals surface area contributed by atoms with E-state index in [-0.39, 0.29) is 5.78 Å². The Labute approximate surface area is 78.9 Å². The monoisotopic (exact) mass is 223 g/mol. The molecule has 0 bridgehead atoms. The number of nitrogens with two attached hydrogens (primary N) is 1. The number of hydrogen-bond donors (Lipinski definition) is 1. The first-order chi connectivity index (χ1) is 5.65. The largest absolute Gasteiger partial charge is 0.399 e. The standard InChI is InChI=1S/C9H6BrNO/c1-2-9(12)7-5-6(11)3-4-8(7)10/h1,3-5H,11H2. The van der Waals surface area contributed by atoms with Crippen LogP contribution in [0.25, 0.3) is 0 Å². The molecule has 1 rings (SSSR count). The van der Waals surface area contributed by atoms with Gasteiger partial charge in [0.15, 0.2) is 0 Å². The highest BCUT2D eigenvalue weighted by molar-refractivity contribution is 9.10. The van der Waals surface area contributed by atoms with E-state index >= 15 is 0 Å². The van der Waals surface area contributed by atoms with Gasteiger partial charge in [-0.15, -0.1) is 6.42 Å². The summed E-state index contributed by atoms with van der Waals surface area (Å²) in [6.45, 7) is 0. The summed E-state index contributed by atoms with van der Waals surface area (Å²) in [5, 5.41) is 0. The van der Waals surface area contributed by atoms with Crippen LogP contribution in [0.3, 0.4) is 0 Å². The maximum absolute atomic E-state index is 11.1. The summed E-state index contributed by atoms with van der Waals surface area (Å²) < 4.78 is 0.666. The van der Waals surface area contributed by atoms with Crippen LogP contribution in [0.5, 0.6) is 0 Å². The number of nitrogen functional groups attached to an aromatic ring is 1. The van der Waals surface area contributed by atoms with E-state index in [2.05, 4.69) is 15.9 Å². The minimum atomic E-state index is -0.367. The van der Waals surface area contributed by atoms with Crippen LogP contribution < -0.4 is 5.73 Å². The van der Waals surface area contributed by atoms with E-state index in [0.29, 0.717) is 15.7 Å². The summed E-state index contributed by atoms with van der Waals surface area (Å²) in [4.78, 5) is 11.1. The van der Waals surface area contributed by atoms with E-state index in [1.807, 2.05) is 5.92 Å². The van der Waals surface area contributed by atoms with Gasteiger partial charge in [-0.2, -0.15) is 0 Å². The zero-order chi connectivity index (χ0) is 9.14. The summed E-state index contributed by atoms with van der Waals surface area (Å²) in [5.74, 6) is 1.66. The molecule has 0 amide bonds. The Morgan fingerprint density at radius 1 is 1.58 bits per heavy atom. The first kappa shape index (κ1) is 8.82. The summed E-state index contributed by atoms with van der Waals surface area (Å²) in [7, 11) is 0. The van der Waals surface area contributed by atoms with Crippen molar-refractivity contribution in [1.82, 2.24) is 0 Å². The van der Waals surface area contributed by atoms with Crippen molar-refractivity contribution in [2.24, 2.45) is 0 Å². The van der Waals surface area contributed by atoms with Crippen LogP contribution in [-0.4, -0.2) is 5.78 Å². The second-order valence-electron chi connectivity index (χ2n) is 2.21. The molecule has 2 N–H and O–H groups in total. The van der Waals surface area contributed by atoms with E-state index in [1.54, 1.807) is 18.2 Å². The van der Waals surface area contributed by atoms with Gasteiger partial charge in [0, 0.05) is 15.7 Å². The molecule has 2 nitrogen and oxygen atoms in total. The van der Waals surface area contributed by atoms with Crippen LogP contribution in [-0.2, 0) is 0 Å². The van der Waals surface area contributed by atoms with Gasteiger partial charge in [-0.05, 0) is 24.1 Å². The normalized spacial score (nSPS) is 9.00. The van der Waals surface area contributed by atoms with Crippen LogP contribution in [0.15, 0.2) is 22.7 Å². The predicted octanol–water partition coefficient (Wildman–Crippen LogP) is 1.85. The molecular formula is C9H6BrNO. The van der Waals surface area contributed by atoms with E-state index in [0.717, 1.165) is 0 Å². The number of Topliss-reactive ketones (excluding diaryl/α,β-unsaturated/α-hetero) is 1. The SMILES string of the molecule is C#CC(=O)c1cc(N)ccc1Br. The minimum Gasteiger partial charge on any atom is -0.399 e. The lowest BCUT2D eigenvalue weighted by Crippen LogP contribution is -1.97. The smallest absolute Gasteiger partial charge is 0.236 e. The van der Waals surface area contributed by atoms with E-state index < -0.39 is 0 Å². The quantitative estimate of drug-likeness (QED) is 0.342. The lowest BCUT2D eigenvalue weighted by molar-refractivity contribution is 0.105. The molecule has 0 aliphatic carbocycles. The second-order valence-corrected chi connectivity index (χ2v) is 3.07. The Kier molecular flexibility index (Phi) is 2.51. The van der Waals surface area contributed by atoms with Crippen molar-refractivity contribution >= 4 is 27.4 Å². The highest BCUT2D eigenvalue weighted by atomic mass is 79.9. The number of terminal acetylenes is 1. The van der Waals surface area contributed by atoms with Gasteiger partial charge >= 0.3 is 0 Å². The maximum Gasteiger partial charge on any atom is 0.236 e. The molecule has 0 aliphatic heterocycles. The molecular weight excluding hydrogens is 218 g/mol. The zero-order valence-corrected chi connectivity index (χ0v) is 7.76. The van der Waals surface area contributed by atoms with Gasteiger partial charge < -0.3 is 5.73 Å². The number of hydrogen-bond acceptors (Lipinski definition) is 2. The van der Waals surface area contributed by atoms with Crippen LogP contribution in [0.2, 0.25) is 0 Å². The number of carbonyl (C=O) groups is 1. The van der Waals surface area contributed by atoms with Gasteiger partial charge in [-0.3, -0.25) is 4.79 Å². The highest BCUT2D eigenvalue weighted by Crippen LogP contribution is 2.19. The molecule has 0 saturated carbocycles. The van der Waals surface area contributed by atoms with Crippen LogP contribution in [0, 0.1) is 12.3 Å². The maximum atomic E-state index is 11.1. The molecule has 0 aliphatic rings. The van der Waals surface area contributed by atoms with Gasteiger partial charge in [0.05, 0.1) is 0 Å². The van der Waals surface area contributed by atoms with Crippen molar-refractivity contribution in [1.29, 1.82) is 0 Å².